The van der Waals surface area contributed by atoms with Crippen molar-refractivity contribution >= 4 is 22.0 Å². The molecule has 0 fully saturated rings. The molecule has 0 radical (unpaired) electrons. The van der Waals surface area contributed by atoms with Crippen molar-refractivity contribution in [2.24, 2.45) is 0 Å². The summed E-state index contributed by atoms with van der Waals surface area (Å²) in [5.74, 6) is 0.517. The van der Waals surface area contributed by atoms with Crippen LogP contribution in [0.15, 0.2) is 47.1 Å². The zero-order valence-corrected chi connectivity index (χ0v) is 14.1. The zero-order valence-electron chi connectivity index (χ0n) is 12.5. The molecule has 0 aliphatic heterocycles. The molecule has 0 spiro atoms. The summed E-state index contributed by atoms with van der Waals surface area (Å²) in [6.07, 6.45) is 1.65. The van der Waals surface area contributed by atoms with Crippen LogP contribution in [0.25, 0.3) is 0 Å². The van der Waals surface area contributed by atoms with E-state index >= 15 is 0 Å². The Morgan fingerprint density at radius 1 is 1.36 bits per heavy atom. The van der Waals surface area contributed by atoms with Gasteiger partial charge in [0.2, 0.25) is 5.88 Å². The summed E-state index contributed by atoms with van der Waals surface area (Å²) in [7, 11) is 1.56. The van der Waals surface area contributed by atoms with Gasteiger partial charge in [-0.05, 0) is 30.7 Å². The second-order valence-electron chi connectivity index (χ2n) is 4.78. The molecule has 2 rings (SSSR count). The number of methoxy groups -OCH3 is 1. The molecule has 2 N–H and O–H groups in total. The minimum absolute atomic E-state index is 0.0895. The summed E-state index contributed by atoms with van der Waals surface area (Å²) >= 11 is 3.42. The van der Waals surface area contributed by atoms with Gasteiger partial charge in [-0.3, -0.25) is 0 Å². The third-order valence-electron chi connectivity index (χ3n) is 3.18. The molecular weight excluding hydrogens is 346 g/mol. The van der Waals surface area contributed by atoms with Crippen molar-refractivity contribution in [2.75, 3.05) is 7.11 Å². The Hall–Kier alpha value is -2.08. The van der Waals surface area contributed by atoms with Crippen molar-refractivity contribution < 1.29 is 9.53 Å². The number of urea groups is 1. The van der Waals surface area contributed by atoms with Crippen molar-refractivity contribution in [1.29, 1.82) is 0 Å². The van der Waals surface area contributed by atoms with Crippen molar-refractivity contribution in [2.45, 2.75) is 19.5 Å². The second kappa shape index (κ2) is 7.79. The number of hydrogen-bond donors (Lipinski definition) is 2. The van der Waals surface area contributed by atoms with Crippen LogP contribution < -0.4 is 15.4 Å². The Bertz CT molecular complexity index is 649. The van der Waals surface area contributed by atoms with Crippen LogP contribution in [0.5, 0.6) is 5.88 Å². The average Bonchev–Trinajstić information content (AvgIpc) is 2.53. The molecule has 2 aromatic rings. The van der Waals surface area contributed by atoms with Crippen LogP contribution in [-0.2, 0) is 6.54 Å². The number of carbonyl (C=O) groups excluding carboxylic acids is 1. The summed E-state index contributed by atoms with van der Waals surface area (Å²) in [5.41, 5.74) is 1.86. The van der Waals surface area contributed by atoms with Crippen LogP contribution in [0, 0.1) is 0 Å². The lowest BCUT2D eigenvalue weighted by Gasteiger charge is -2.15. The molecule has 1 aromatic carbocycles. The predicted molar refractivity (Wildman–Crippen MR) is 88.7 cm³/mol. The van der Waals surface area contributed by atoms with E-state index in [-0.39, 0.29) is 12.1 Å². The van der Waals surface area contributed by atoms with Crippen LogP contribution in [0.1, 0.15) is 24.1 Å². The normalized spacial score (nSPS) is 11.6. The van der Waals surface area contributed by atoms with Crippen LogP contribution in [-0.4, -0.2) is 18.1 Å². The highest BCUT2D eigenvalue weighted by atomic mass is 79.9. The molecule has 116 valence electrons. The number of nitrogens with zero attached hydrogens (tertiary/aromatic N) is 1. The van der Waals surface area contributed by atoms with E-state index in [1.807, 2.05) is 43.3 Å². The molecule has 22 heavy (non-hydrogen) atoms. The number of amides is 2. The van der Waals surface area contributed by atoms with Gasteiger partial charge in [0.1, 0.15) is 0 Å². The third kappa shape index (κ3) is 4.46. The van der Waals surface area contributed by atoms with Crippen molar-refractivity contribution in [3.05, 3.63) is 58.2 Å². The first kappa shape index (κ1) is 16.3. The Morgan fingerprint density at radius 3 is 2.91 bits per heavy atom. The summed E-state index contributed by atoms with van der Waals surface area (Å²) in [4.78, 5) is 16.1. The number of rotatable bonds is 5. The van der Waals surface area contributed by atoms with Crippen molar-refractivity contribution in [3.63, 3.8) is 0 Å². The zero-order chi connectivity index (χ0) is 15.9. The molecule has 2 amide bonds. The molecule has 5 nitrogen and oxygen atoms in total. The van der Waals surface area contributed by atoms with Gasteiger partial charge in [-0.2, -0.15) is 0 Å². The monoisotopic (exact) mass is 363 g/mol. The highest BCUT2D eigenvalue weighted by Crippen LogP contribution is 2.18. The molecule has 0 aliphatic carbocycles. The second-order valence-corrected chi connectivity index (χ2v) is 5.69. The van der Waals surface area contributed by atoms with Crippen LogP contribution >= 0.6 is 15.9 Å². The number of nitrogens with one attached hydrogen (secondary N) is 2. The maximum atomic E-state index is 12.0. The van der Waals surface area contributed by atoms with Gasteiger partial charge in [-0.15, -0.1) is 0 Å². The third-order valence-corrected chi connectivity index (χ3v) is 3.67. The van der Waals surface area contributed by atoms with E-state index in [0.717, 1.165) is 15.6 Å². The molecule has 1 aromatic heterocycles. The first-order valence-electron chi connectivity index (χ1n) is 6.88. The largest absolute Gasteiger partial charge is 0.481 e. The van der Waals surface area contributed by atoms with Gasteiger partial charge in [0.25, 0.3) is 0 Å². The maximum absolute atomic E-state index is 12.0. The smallest absolute Gasteiger partial charge is 0.315 e. The number of halogens is 1. The summed E-state index contributed by atoms with van der Waals surface area (Å²) < 4.78 is 6.14. The SMILES string of the molecule is COc1ncccc1CNC(=O)N[C@H](C)c1cccc(Br)c1. The van der Waals surface area contributed by atoms with Gasteiger partial charge in [0, 0.05) is 22.8 Å². The molecule has 0 saturated heterocycles. The summed E-state index contributed by atoms with van der Waals surface area (Å²) in [6.45, 7) is 2.29. The summed E-state index contributed by atoms with van der Waals surface area (Å²) in [5, 5.41) is 5.71. The minimum atomic E-state index is -0.238. The van der Waals surface area contributed by atoms with Crippen LogP contribution in [0.2, 0.25) is 0 Å². The number of aromatic nitrogens is 1. The lowest BCUT2D eigenvalue weighted by Crippen LogP contribution is -2.36. The minimum Gasteiger partial charge on any atom is -0.481 e. The lowest BCUT2D eigenvalue weighted by molar-refractivity contribution is 0.237. The van der Waals surface area contributed by atoms with Crippen molar-refractivity contribution in [1.82, 2.24) is 15.6 Å². The molecule has 6 heteroatoms. The molecule has 0 saturated carbocycles. The number of benzene rings is 1. The number of hydrogen-bond acceptors (Lipinski definition) is 3. The first-order chi connectivity index (χ1) is 10.6. The molecule has 1 heterocycles. The van der Waals surface area contributed by atoms with Gasteiger partial charge in [0.15, 0.2) is 0 Å². The fourth-order valence-electron chi connectivity index (χ4n) is 2.02. The van der Waals surface area contributed by atoms with Crippen molar-refractivity contribution in [3.8, 4) is 5.88 Å². The molecule has 0 bridgehead atoms. The Labute approximate surface area is 138 Å². The van der Waals surface area contributed by atoms with E-state index in [1.165, 1.54) is 0 Å². The first-order valence-corrected chi connectivity index (χ1v) is 7.67. The average molecular weight is 364 g/mol. The maximum Gasteiger partial charge on any atom is 0.315 e. The molecule has 1 atom stereocenters. The predicted octanol–water partition coefficient (Wildman–Crippen LogP) is 3.41. The van der Waals surface area contributed by atoms with E-state index in [1.54, 1.807) is 13.3 Å². The Kier molecular flexibility index (Phi) is 5.77. The highest BCUT2D eigenvalue weighted by Gasteiger charge is 2.10. The highest BCUT2D eigenvalue weighted by molar-refractivity contribution is 9.10. The quantitative estimate of drug-likeness (QED) is 0.855. The number of carbonyl (C=O) groups is 1. The van der Waals surface area contributed by atoms with E-state index in [0.29, 0.717) is 12.4 Å². The van der Waals surface area contributed by atoms with Gasteiger partial charge in [-0.1, -0.05) is 34.1 Å². The van der Waals surface area contributed by atoms with E-state index < -0.39 is 0 Å². The standard InChI is InChI=1S/C16H18BrN3O2/c1-11(12-5-3-7-14(17)9-12)20-16(21)19-10-13-6-4-8-18-15(13)22-2/h3-9,11H,10H2,1-2H3,(H2,19,20,21)/t11-/m1/s1. The van der Waals surface area contributed by atoms with Gasteiger partial charge in [-0.25, -0.2) is 9.78 Å². The Balaban J connectivity index is 1.90. The molecule has 0 unspecified atom stereocenters. The van der Waals surface area contributed by atoms with Crippen LogP contribution in [0.3, 0.4) is 0 Å². The van der Waals surface area contributed by atoms with Gasteiger partial charge in [0.05, 0.1) is 13.2 Å². The fraction of sp³-hybridized carbons (Fsp3) is 0.250. The van der Waals surface area contributed by atoms with Gasteiger partial charge >= 0.3 is 6.03 Å². The fourth-order valence-corrected chi connectivity index (χ4v) is 2.44. The van der Waals surface area contributed by atoms with E-state index in [9.17, 15) is 4.79 Å². The topological polar surface area (TPSA) is 63.2 Å². The number of ether oxygens (including phenoxy) is 1. The molecule has 0 aliphatic rings. The number of pyridine rings is 1. The van der Waals surface area contributed by atoms with E-state index in [4.69, 9.17) is 4.74 Å². The summed E-state index contributed by atoms with van der Waals surface area (Å²) in [6, 6.07) is 11.2. The molecular formula is C16H18BrN3O2. The van der Waals surface area contributed by atoms with Crippen LogP contribution in [0.4, 0.5) is 4.79 Å². The Morgan fingerprint density at radius 2 is 2.18 bits per heavy atom. The lowest BCUT2D eigenvalue weighted by atomic mass is 10.1. The van der Waals surface area contributed by atoms with E-state index in [2.05, 4.69) is 31.5 Å². The van der Waals surface area contributed by atoms with Gasteiger partial charge < -0.3 is 15.4 Å².